The zero-order chi connectivity index (χ0) is 14.6. The highest BCUT2D eigenvalue weighted by atomic mass is 16.1. The molecule has 2 aliphatic carbocycles. The molecule has 3 N–H and O–H groups in total. The number of nitrogens with two attached hydrogens (primary N) is 1. The molecule has 2 unspecified atom stereocenters. The largest absolute Gasteiger partial charge is 0.354 e. The molecule has 0 radical (unpaired) electrons. The molecule has 0 saturated heterocycles. The van der Waals surface area contributed by atoms with E-state index in [0.29, 0.717) is 18.4 Å². The molecule has 0 aromatic heterocycles. The number of nitrogens with zero attached hydrogens (tertiary/aromatic N) is 1. The van der Waals surface area contributed by atoms with Gasteiger partial charge in [-0.2, -0.15) is 0 Å². The molecule has 1 amide bonds. The first-order valence-electron chi connectivity index (χ1n) is 8.21. The van der Waals surface area contributed by atoms with E-state index in [1.165, 1.54) is 32.1 Å². The monoisotopic (exact) mass is 281 g/mol. The van der Waals surface area contributed by atoms with Gasteiger partial charge in [-0.1, -0.05) is 12.8 Å². The van der Waals surface area contributed by atoms with E-state index in [9.17, 15) is 4.79 Å². The summed E-state index contributed by atoms with van der Waals surface area (Å²) in [5, 5.41) is 3.15. The topological polar surface area (TPSA) is 58.4 Å². The van der Waals surface area contributed by atoms with Crippen molar-refractivity contribution in [3.63, 3.8) is 0 Å². The van der Waals surface area contributed by atoms with Gasteiger partial charge in [-0.15, -0.1) is 0 Å². The fourth-order valence-electron chi connectivity index (χ4n) is 3.65. The third-order valence-electron chi connectivity index (χ3n) is 5.45. The molecule has 0 aromatic carbocycles. The SMILES string of the molecule is CN(C)C1(CNC(=O)CCC2CCCC(N)C2)CCC1. The van der Waals surface area contributed by atoms with Crippen LogP contribution in [0, 0.1) is 5.92 Å². The Kier molecular flexibility index (Phi) is 5.44. The fourth-order valence-corrected chi connectivity index (χ4v) is 3.65. The van der Waals surface area contributed by atoms with Crippen molar-refractivity contribution in [3.05, 3.63) is 0 Å². The summed E-state index contributed by atoms with van der Waals surface area (Å²) in [6.45, 7) is 0.809. The highest BCUT2D eigenvalue weighted by molar-refractivity contribution is 5.75. The van der Waals surface area contributed by atoms with Crippen molar-refractivity contribution in [1.82, 2.24) is 10.2 Å². The van der Waals surface area contributed by atoms with E-state index in [-0.39, 0.29) is 11.4 Å². The van der Waals surface area contributed by atoms with E-state index in [1.807, 2.05) is 0 Å². The van der Waals surface area contributed by atoms with Crippen molar-refractivity contribution in [2.45, 2.75) is 69.4 Å². The van der Waals surface area contributed by atoms with Crippen LogP contribution in [-0.4, -0.2) is 43.0 Å². The van der Waals surface area contributed by atoms with Crippen LogP contribution in [0.15, 0.2) is 0 Å². The smallest absolute Gasteiger partial charge is 0.220 e. The molecular weight excluding hydrogens is 250 g/mol. The van der Waals surface area contributed by atoms with Crippen LogP contribution in [0.2, 0.25) is 0 Å². The standard InChI is InChI=1S/C16H31N3O/c1-19(2)16(9-4-10-16)12-18-15(20)8-7-13-5-3-6-14(17)11-13/h13-14H,3-12,17H2,1-2H3,(H,18,20). The normalized spacial score (nSPS) is 29.0. The van der Waals surface area contributed by atoms with Crippen LogP contribution in [-0.2, 0) is 4.79 Å². The van der Waals surface area contributed by atoms with Crippen molar-refractivity contribution in [2.75, 3.05) is 20.6 Å². The van der Waals surface area contributed by atoms with Crippen LogP contribution in [0.3, 0.4) is 0 Å². The third-order valence-corrected chi connectivity index (χ3v) is 5.45. The quantitative estimate of drug-likeness (QED) is 0.781. The van der Waals surface area contributed by atoms with Gasteiger partial charge in [0.2, 0.25) is 5.91 Å². The van der Waals surface area contributed by atoms with E-state index in [1.54, 1.807) is 0 Å². The molecule has 4 nitrogen and oxygen atoms in total. The van der Waals surface area contributed by atoms with Crippen molar-refractivity contribution in [1.29, 1.82) is 0 Å². The molecule has 0 heterocycles. The molecule has 2 aliphatic rings. The van der Waals surface area contributed by atoms with Gasteiger partial charge in [0.1, 0.15) is 0 Å². The van der Waals surface area contributed by atoms with Gasteiger partial charge in [0.15, 0.2) is 0 Å². The second-order valence-electron chi connectivity index (χ2n) is 7.08. The maximum atomic E-state index is 12.0. The van der Waals surface area contributed by atoms with Crippen LogP contribution in [0.1, 0.15) is 57.8 Å². The minimum atomic E-state index is 0.220. The number of carbonyl (C=O) groups excluding carboxylic acids is 1. The molecule has 0 spiro atoms. The Morgan fingerprint density at radius 3 is 2.60 bits per heavy atom. The Morgan fingerprint density at radius 1 is 1.30 bits per heavy atom. The number of carbonyl (C=O) groups is 1. The molecule has 0 bridgehead atoms. The van der Waals surface area contributed by atoms with Crippen molar-refractivity contribution < 1.29 is 4.79 Å². The van der Waals surface area contributed by atoms with Gasteiger partial charge in [-0.25, -0.2) is 0 Å². The predicted octanol–water partition coefficient (Wildman–Crippen LogP) is 1.88. The Bertz CT molecular complexity index is 326. The highest BCUT2D eigenvalue weighted by Crippen LogP contribution is 2.35. The molecular formula is C16H31N3O. The average Bonchev–Trinajstić information content (AvgIpc) is 2.34. The van der Waals surface area contributed by atoms with Crippen molar-refractivity contribution in [3.8, 4) is 0 Å². The van der Waals surface area contributed by atoms with Crippen LogP contribution in [0.4, 0.5) is 0 Å². The average molecular weight is 281 g/mol. The Labute approximate surface area is 123 Å². The van der Waals surface area contributed by atoms with Crippen LogP contribution >= 0.6 is 0 Å². The molecule has 2 rings (SSSR count). The van der Waals surface area contributed by atoms with Crippen molar-refractivity contribution >= 4 is 5.91 Å². The second-order valence-corrected chi connectivity index (χ2v) is 7.08. The van der Waals surface area contributed by atoms with E-state index in [0.717, 1.165) is 25.8 Å². The van der Waals surface area contributed by atoms with Gasteiger partial charge >= 0.3 is 0 Å². The fraction of sp³-hybridized carbons (Fsp3) is 0.938. The molecule has 0 aromatic rings. The first-order valence-corrected chi connectivity index (χ1v) is 8.21. The number of hydrogen-bond donors (Lipinski definition) is 2. The van der Waals surface area contributed by atoms with Gasteiger partial charge in [-0.05, 0) is 58.5 Å². The molecule has 2 atom stereocenters. The van der Waals surface area contributed by atoms with Crippen molar-refractivity contribution in [2.24, 2.45) is 11.7 Å². The van der Waals surface area contributed by atoms with E-state index >= 15 is 0 Å². The number of rotatable bonds is 6. The summed E-state index contributed by atoms with van der Waals surface area (Å²) < 4.78 is 0. The zero-order valence-electron chi connectivity index (χ0n) is 13.2. The van der Waals surface area contributed by atoms with E-state index in [4.69, 9.17) is 5.73 Å². The third kappa shape index (κ3) is 3.95. The second kappa shape index (κ2) is 6.90. The lowest BCUT2D eigenvalue weighted by molar-refractivity contribution is -0.122. The lowest BCUT2D eigenvalue weighted by Crippen LogP contribution is -2.57. The van der Waals surface area contributed by atoms with E-state index in [2.05, 4.69) is 24.3 Å². The zero-order valence-corrected chi connectivity index (χ0v) is 13.2. The summed E-state index contributed by atoms with van der Waals surface area (Å²) in [6.07, 6.45) is 10.1. The van der Waals surface area contributed by atoms with Gasteiger partial charge < -0.3 is 16.0 Å². The minimum absolute atomic E-state index is 0.220. The van der Waals surface area contributed by atoms with E-state index < -0.39 is 0 Å². The Balaban J connectivity index is 1.65. The summed E-state index contributed by atoms with van der Waals surface area (Å²) >= 11 is 0. The van der Waals surface area contributed by atoms with Crippen LogP contribution in [0.25, 0.3) is 0 Å². The number of likely N-dealkylation sites (N-methyl/N-ethyl adjacent to an activating group) is 1. The highest BCUT2D eigenvalue weighted by Gasteiger charge is 2.39. The van der Waals surface area contributed by atoms with Gasteiger partial charge in [0, 0.05) is 24.5 Å². The minimum Gasteiger partial charge on any atom is -0.354 e. The lowest BCUT2D eigenvalue weighted by atomic mass is 9.75. The molecule has 2 saturated carbocycles. The summed E-state index contributed by atoms with van der Waals surface area (Å²) in [6, 6.07) is 0.365. The lowest BCUT2D eigenvalue weighted by Gasteiger charge is -2.47. The number of amides is 1. The predicted molar refractivity (Wildman–Crippen MR) is 82.4 cm³/mol. The van der Waals surface area contributed by atoms with Gasteiger partial charge in [-0.3, -0.25) is 4.79 Å². The number of hydrogen-bond acceptors (Lipinski definition) is 3. The summed E-state index contributed by atoms with van der Waals surface area (Å²) in [5.74, 6) is 0.883. The number of nitrogens with one attached hydrogen (secondary N) is 1. The van der Waals surface area contributed by atoms with Crippen LogP contribution < -0.4 is 11.1 Å². The molecule has 2 fully saturated rings. The Morgan fingerprint density at radius 2 is 2.05 bits per heavy atom. The maximum absolute atomic E-state index is 12.0. The molecule has 116 valence electrons. The molecule has 0 aliphatic heterocycles. The Hall–Kier alpha value is -0.610. The van der Waals surface area contributed by atoms with Crippen LogP contribution in [0.5, 0.6) is 0 Å². The summed E-state index contributed by atoms with van der Waals surface area (Å²) in [7, 11) is 4.24. The molecule has 4 heteroatoms. The first kappa shape index (κ1) is 15.8. The summed E-state index contributed by atoms with van der Waals surface area (Å²) in [4.78, 5) is 14.3. The van der Waals surface area contributed by atoms with Gasteiger partial charge in [0.25, 0.3) is 0 Å². The summed E-state index contributed by atoms with van der Waals surface area (Å²) in [5.41, 5.74) is 6.23. The maximum Gasteiger partial charge on any atom is 0.220 e. The first-order chi connectivity index (χ1) is 9.52. The van der Waals surface area contributed by atoms with Gasteiger partial charge in [0.05, 0.1) is 0 Å². The molecule has 20 heavy (non-hydrogen) atoms.